The van der Waals surface area contributed by atoms with Crippen molar-refractivity contribution >= 4 is 23.5 Å². The minimum Gasteiger partial charge on any atom is -0.465 e. The first kappa shape index (κ1) is 19.5. The number of carbonyl (C=O) groups excluding carboxylic acids is 2. The maximum absolute atomic E-state index is 12.5. The molecule has 142 valence electrons. The molecule has 26 heavy (non-hydrogen) atoms. The molecule has 0 bridgehead atoms. The molecule has 1 aliphatic heterocycles. The molecular formula is C17H25N5O4. The number of ether oxygens (including phenoxy) is 2. The number of aromatic nitrogens is 2. The zero-order chi connectivity index (χ0) is 19.5. The Labute approximate surface area is 152 Å². The smallest absolute Gasteiger partial charge is 0.410 e. The number of nitrogens with two attached hydrogens (primary N) is 1. The highest BCUT2D eigenvalue weighted by Crippen LogP contribution is 2.18. The normalized spacial score (nSPS) is 18.3. The number of aliphatic imine (C=N–C) groups is 1. The van der Waals surface area contributed by atoms with Crippen LogP contribution in [0.2, 0.25) is 0 Å². The van der Waals surface area contributed by atoms with Crippen LogP contribution in [0, 0.1) is 0 Å². The van der Waals surface area contributed by atoms with E-state index in [2.05, 4.69) is 14.8 Å². The van der Waals surface area contributed by atoms with E-state index in [9.17, 15) is 9.59 Å². The minimum atomic E-state index is -0.588. The van der Waals surface area contributed by atoms with Gasteiger partial charge in [-0.1, -0.05) is 0 Å². The second-order valence-corrected chi connectivity index (χ2v) is 6.96. The molecule has 0 saturated carbocycles. The predicted molar refractivity (Wildman–Crippen MR) is 96.7 cm³/mol. The summed E-state index contributed by atoms with van der Waals surface area (Å²) in [6, 6.07) is -0.101. The van der Waals surface area contributed by atoms with Gasteiger partial charge in [0.25, 0.3) is 0 Å². The average molecular weight is 363 g/mol. The van der Waals surface area contributed by atoms with Crippen molar-refractivity contribution in [2.75, 3.05) is 20.2 Å². The summed E-state index contributed by atoms with van der Waals surface area (Å²) < 4.78 is 11.6. The van der Waals surface area contributed by atoms with Gasteiger partial charge in [-0.05, 0) is 27.7 Å². The van der Waals surface area contributed by atoms with Gasteiger partial charge in [0.05, 0.1) is 43.7 Å². The molecule has 0 aromatic carbocycles. The summed E-state index contributed by atoms with van der Waals surface area (Å²) in [6.45, 7) is 8.00. The number of rotatable bonds is 3. The lowest BCUT2D eigenvalue weighted by Gasteiger charge is -2.34. The van der Waals surface area contributed by atoms with Crippen molar-refractivity contribution in [3.05, 3.63) is 24.2 Å². The van der Waals surface area contributed by atoms with Gasteiger partial charge in [0, 0.05) is 12.4 Å². The predicted octanol–water partition coefficient (Wildman–Crippen LogP) is 1.51. The summed E-state index contributed by atoms with van der Waals surface area (Å²) in [7, 11) is 1.30. The molecule has 9 heteroatoms. The third-order valence-electron chi connectivity index (χ3n) is 3.73. The van der Waals surface area contributed by atoms with Gasteiger partial charge >= 0.3 is 12.1 Å². The standard InChI is InChI=1S/C17H25N5O4/c1-11-7-19-13(10-21(11)16(24)26-17(2,3)4)14(6-18)22-9-12(8-20-22)15(23)25-5/h6,8-9,11H,7,10,18H2,1-5H3/t11-/m0/s1. The maximum atomic E-state index is 12.5. The van der Waals surface area contributed by atoms with E-state index in [4.69, 9.17) is 10.5 Å². The Morgan fingerprint density at radius 3 is 2.65 bits per heavy atom. The first-order valence-corrected chi connectivity index (χ1v) is 8.25. The van der Waals surface area contributed by atoms with Gasteiger partial charge in [-0.15, -0.1) is 0 Å². The molecule has 0 radical (unpaired) electrons. The second-order valence-electron chi connectivity index (χ2n) is 6.96. The molecule has 2 heterocycles. The van der Waals surface area contributed by atoms with Crippen LogP contribution in [0.1, 0.15) is 38.1 Å². The molecule has 9 nitrogen and oxygen atoms in total. The summed E-state index contributed by atoms with van der Waals surface area (Å²) in [4.78, 5) is 30.2. The van der Waals surface area contributed by atoms with Crippen molar-refractivity contribution in [1.29, 1.82) is 0 Å². The van der Waals surface area contributed by atoms with E-state index >= 15 is 0 Å². The second kappa shape index (κ2) is 7.59. The molecule has 2 rings (SSSR count). The van der Waals surface area contributed by atoms with Gasteiger partial charge in [-0.25, -0.2) is 14.3 Å². The van der Waals surface area contributed by atoms with E-state index in [1.165, 1.54) is 30.4 Å². The van der Waals surface area contributed by atoms with Crippen LogP contribution in [0.4, 0.5) is 4.79 Å². The van der Waals surface area contributed by atoms with E-state index in [0.29, 0.717) is 23.5 Å². The molecule has 0 aliphatic carbocycles. The van der Waals surface area contributed by atoms with Crippen molar-refractivity contribution in [2.24, 2.45) is 10.7 Å². The number of methoxy groups -OCH3 is 1. The zero-order valence-corrected chi connectivity index (χ0v) is 15.7. The number of hydrogen-bond acceptors (Lipinski definition) is 7. The lowest BCUT2D eigenvalue weighted by molar-refractivity contribution is 0.0209. The summed E-state index contributed by atoms with van der Waals surface area (Å²) in [5.41, 5.74) is 6.53. The molecule has 1 aliphatic rings. The van der Waals surface area contributed by atoms with Crippen LogP contribution in [-0.2, 0) is 9.47 Å². The fraction of sp³-hybridized carbons (Fsp3) is 0.529. The van der Waals surface area contributed by atoms with Crippen LogP contribution in [0.3, 0.4) is 0 Å². The number of carbonyl (C=O) groups is 2. The lowest BCUT2D eigenvalue weighted by atomic mass is 10.1. The molecule has 2 N–H and O–H groups in total. The van der Waals surface area contributed by atoms with E-state index in [1.54, 1.807) is 4.90 Å². The highest BCUT2D eigenvalue weighted by molar-refractivity contribution is 6.20. The topological polar surface area (TPSA) is 112 Å². The van der Waals surface area contributed by atoms with Crippen LogP contribution in [0.15, 0.2) is 23.6 Å². The van der Waals surface area contributed by atoms with Crippen molar-refractivity contribution in [1.82, 2.24) is 14.7 Å². The number of nitrogens with zero attached hydrogens (tertiary/aromatic N) is 4. The highest BCUT2D eigenvalue weighted by Gasteiger charge is 2.31. The average Bonchev–Trinajstić information content (AvgIpc) is 3.04. The largest absolute Gasteiger partial charge is 0.465 e. The Kier molecular flexibility index (Phi) is 5.69. The van der Waals surface area contributed by atoms with Crippen molar-refractivity contribution < 1.29 is 19.1 Å². The van der Waals surface area contributed by atoms with Gasteiger partial charge in [-0.2, -0.15) is 5.10 Å². The van der Waals surface area contributed by atoms with Gasteiger partial charge in [0.1, 0.15) is 11.3 Å². The lowest BCUT2D eigenvalue weighted by Crippen LogP contribution is -2.49. The van der Waals surface area contributed by atoms with Gasteiger partial charge in [0.15, 0.2) is 0 Å². The van der Waals surface area contributed by atoms with Crippen molar-refractivity contribution in [3.8, 4) is 0 Å². The molecule has 1 atom stereocenters. The summed E-state index contributed by atoms with van der Waals surface area (Å²) in [5, 5.41) is 4.13. The molecular weight excluding hydrogens is 338 g/mol. The Hall–Kier alpha value is -2.84. The SMILES string of the molecule is COC(=O)c1cnn(C(=CN)C2=NC[C@H](C)N(C(=O)OC(C)(C)C)C2)c1. The zero-order valence-electron chi connectivity index (χ0n) is 15.7. The fourth-order valence-electron chi connectivity index (χ4n) is 2.42. The van der Waals surface area contributed by atoms with Crippen LogP contribution in [-0.4, -0.2) is 64.3 Å². The van der Waals surface area contributed by atoms with Gasteiger partial charge < -0.3 is 15.2 Å². The molecule has 0 spiro atoms. The molecule has 0 fully saturated rings. The molecule has 1 aromatic heterocycles. The number of hydrogen-bond donors (Lipinski definition) is 1. The Morgan fingerprint density at radius 2 is 2.08 bits per heavy atom. The molecule has 1 aromatic rings. The Balaban J connectivity index is 2.22. The van der Waals surface area contributed by atoms with Crippen LogP contribution in [0.5, 0.6) is 0 Å². The first-order valence-electron chi connectivity index (χ1n) is 8.25. The van der Waals surface area contributed by atoms with Crippen molar-refractivity contribution in [2.45, 2.75) is 39.3 Å². The van der Waals surface area contributed by atoms with E-state index in [-0.39, 0.29) is 12.6 Å². The van der Waals surface area contributed by atoms with Crippen molar-refractivity contribution in [3.63, 3.8) is 0 Å². The third-order valence-corrected chi connectivity index (χ3v) is 3.73. The van der Waals surface area contributed by atoms with E-state index in [1.807, 2.05) is 27.7 Å². The van der Waals surface area contributed by atoms with Gasteiger partial charge in [0.2, 0.25) is 0 Å². The first-order chi connectivity index (χ1) is 12.2. The van der Waals surface area contributed by atoms with Gasteiger partial charge in [-0.3, -0.25) is 9.89 Å². The summed E-state index contributed by atoms with van der Waals surface area (Å²) >= 11 is 0. The third kappa shape index (κ3) is 4.41. The van der Waals surface area contributed by atoms with Crippen LogP contribution < -0.4 is 5.73 Å². The number of esters is 1. The van der Waals surface area contributed by atoms with Crippen LogP contribution in [0.25, 0.3) is 5.70 Å². The summed E-state index contributed by atoms with van der Waals surface area (Å²) in [6.07, 6.45) is 3.82. The highest BCUT2D eigenvalue weighted by atomic mass is 16.6. The monoisotopic (exact) mass is 363 g/mol. The Morgan fingerprint density at radius 1 is 1.38 bits per heavy atom. The number of amides is 1. The fourth-order valence-corrected chi connectivity index (χ4v) is 2.42. The molecule has 0 unspecified atom stereocenters. The summed E-state index contributed by atoms with van der Waals surface area (Å²) in [5.74, 6) is -0.498. The molecule has 0 saturated heterocycles. The minimum absolute atomic E-state index is 0.101. The molecule has 1 amide bonds. The van der Waals surface area contributed by atoms with E-state index in [0.717, 1.165) is 0 Å². The van der Waals surface area contributed by atoms with E-state index < -0.39 is 17.7 Å². The quantitative estimate of drug-likeness (QED) is 0.815. The maximum Gasteiger partial charge on any atom is 0.410 e. The van der Waals surface area contributed by atoms with Crippen LogP contribution >= 0.6 is 0 Å². The Bertz CT molecular complexity index is 745.